The molecule has 45 heavy (non-hydrogen) atoms. The van der Waals surface area contributed by atoms with Crippen LogP contribution < -0.4 is 5.19 Å². The first kappa shape index (κ1) is 32.7. The molecule has 227 valence electrons. The Morgan fingerprint density at radius 2 is 1.49 bits per heavy atom. The maximum Gasteiger partial charge on any atom is 0.0795 e. The van der Waals surface area contributed by atoms with Crippen LogP contribution in [-0.4, -0.2) is 18.0 Å². The summed E-state index contributed by atoms with van der Waals surface area (Å²) in [4.78, 5) is 9.17. The van der Waals surface area contributed by atoms with Crippen molar-refractivity contribution in [2.75, 3.05) is 0 Å². The van der Waals surface area contributed by atoms with Gasteiger partial charge in [-0.1, -0.05) is 99.0 Å². The van der Waals surface area contributed by atoms with Crippen molar-refractivity contribution in [1.29, 1.82) is 0 Å². The Morgan fingerprint density at radius 3 is 2.18 bits per heavy atom. The molecule has 0 aliphatic heterocycles. The van der Waals surface area contributed by atoms with Crippen molar-refractivity contribution in [1.82, 2.24) is 9.97 Å². The van der Waals surface area contributed by atoms with Crippen molar-refractivity contribution in [2.24, 2.45) is 0 Å². The van der Waals surface area contributed by atoms with Crippen LogP contribution in [0.25, 0.3) is 53.8 Å². The summed E-state index contributed by atoms with van der Waals surface area (Å²) in [6.45, 7) is 11.4. The van der Waals surface area contributed by atoms with E-state index >= 15 is 0 Å². The molecule has 0 aliphatic carbocycles. The molecular weight excluding hydrogens is 761 g/mol. The molecule has 0 amide bonds. The largest absolute Gasteiger partial charge is 0.305 e. The first-order valence-corrected chi connectivity index (χ1v) is 19.4. The summed E-state index contributed by atoms with van der Waals surface area (Å²) in [5, 5.41) is 3.98. The van der Waals surface area contributed by atoms with Gasteiger partial charge in [-0.2, -0.15) is 11.3 Å². The van der Waals surface area contributed by atoms with Crippen LogP contribution in [0.1, 0.15) is 25.3 Å². The Balaban J connectivity index is 0.000000202. The number of aromatic nitrogens is 2. The van der Waals surface area contributed by atoms with E-state index < -0.39 is 8.07 Å². The fourth-order valence-corrected chi connectivity index (χ4v) is 7.46. The van der Waals surface area contributed by atoms with Crippen molar-refractivity contribution in [2.45, 2.75) is 39.4 Å². The fraction of sp³-hybridized carbons (Fsp3) is 0.150. The molecular formula is C40H36IrN2SSi-2. The summed E-state index contributed by atoms with van der Waals surface area (Å²) in [7, 11) is -1.23. The zero-order valence-corrected chi connectivity index (χ0v) is 30.5. The Kier molecular flexibility index (Phi) is 10.3. The summed E-state index contributed by atoms with van der Waals surface area (Å²) in [5.74, 6) is 0.483. The zero-order chi connectivity index (χ0) is 30.7. The SMILES string of the molecule is CC(C)c1ccnc(-c2[c-]ccc3c2sc2ccc(-c4ccccc4)cc23)c1.C[Si](C)(C)c1ccc(-c2[c-]cccc2)nc1.[Ir]. The topological polar surface area (TPSA) is 25.8 Å². The number of hydrogen-bond acceptors (Lipinski definition) is 3. The molecule has 0 N–H and O–H groups in total. The molecule has 2 nitrogen and oxygen atoms in total. The summed E-state index contributed by atoms with van der Waals surface area (Å²) >= 11 is 1.83. The Hall–Kier alpha value is -3.73. The molecule has 5 heteroatoms. The number of rotatable bonds is 5. The predicted octanol–water partition coefficient (Wildman–Crippen LogP) is 10.8. The number of pyridine rings is 2. The van der Waals surface area contributed by atoms with Crippen LogP contribution in [0.5, 0.6) is 0 Å². The van der Waals surface area contributed by atoms with Crippen LogP contribution in [0.15, 0.2) is 122 Å². The first-order valence-electron chi connectivity index (χ1n) is 15.1. The van der Waals surface area contributed by atoms with E-state index in [0.29, 0.717) is 5.92 Å². The van der Waals surface area contributed by atoms with Crippen LogP contribution in [-0.2, 0) is 20.1 Å². The van der Waals surface area contributed by atoms with E-state index in [2.05, 4.69) is 134 Å². The molecule has 3 aromatic heterocycles. The van der Waals surface area contributed by atoms with E-state index in [1.165, 1.54) is 42.0 Å². The molecule has 7 aromatic rings. The van der Waals surface area contributed by atoms with Gasteiger partial charge < -0.3 is 9.97 Å². The second-order valence-electron chi connectivity index (χ2n) is 12.4. The van der Waals surface area contributed by atoms with E-state index in [1.807, 2.05) is 54.1 Å². The van der Waals surface area contributed by atoms with E-state index in [1.54, 1.807) is 0 Å². The average molecular weight is 797 g/mol. The van der Waals surface area contributed by atoms with Gasteiger partial charge in [-0.15, -0.1) is 59.7 Å². The fourth-order valence-electron chi connectivity index (χ4n) is 5.23. The van der Waals surface area contributed by atoms with Crippen LogP contribution >= 0.6 is 11.3 Å². The summed E-state index contributed by atoms with van der Waals surface area (Å²) in [6, 6.07) is 44.7. The van der Waals surface area contributed by atoms with Gasteiger partial charge in [0.1, 0.15) is 0 Å². The van der Waals surface area contributed by atoms with Crippen molar-refractivity contribution < 1.29 is 20.1 Å². The molecule has 0 bridgehead atoms. The molecule has 0 atom stereocenters. The van der Waals surface area contributed by atoms with Crippen molar-refractivity contribution >= 4 is 44.8 Å². The van der Waals surface area contributed by atoms with Gasteiger partial charge in [0.05, 0.1) is 8.07 Å². The minimum Gasteiger partial charge on any atom is -0.305 e. The van der Waals surface area contributed by atoms with E-state index in [-0.39, 0.29) is 20.1 Å². The average Bonchev–Trinajstić information content (AvgIpc) is 3.44. The second-order valence-corrected chi connectivity index (χ2v) is 18.5. The van der Waals surface area contributed by atoms with Gasteiger partial charge in [-0.05, 0) is 61.9 Å². The molecule has 7 rings (SSSR count). The van der Waals surface area contributed by atoms with Crippen molar-refractivity contribution in [3.8, 4) is 33.6 Å². The van der Waals surface area contributed by atoms with E-state index in [4.69, 9.17) is 0 Å². The summed E-state index contributed by atoms with van der Waals surface area (Å²) in [6.07, 6.45) is 3.93. The molecule has 0 fully saturated rings. The smallest absolute Gasteiger partial charge is 0.0795 e. The predicted molar refractivity (Wildman–Crippen MR) is 192 cm³/mol. The summed E-state index contributed by atoms with van der Waals surface area (Å²) in [5.41, 5.74) is 7.98. The van der Waals surface area contributed by atoms with Crippen LogP contribution in [0.4, 0.5) is 0 Å². The van der Waals surface area contributed by atoms with Gasteiger partial charge in [0.2, 0.25) is 0 Å². The van der Waals surface area contributed by atoms with Gasteiger partial charge in [-0.3, -0.25) is 0 Å². The van der Waals surface area contributed by atoms with Crippen LogP contribution in [0.3, 0.4) is 0 Å². The minimum absolute atomic E-state index is 0. The third kappa shape index (κ3) is 7.40. The number of thiophene rings is 1. The van der Waals surface area contributed by atoms with Gasteiger partial charge in [0, 0.05) is 37.2 Å². The van der Waals surface area contributed by atoms with Gasteiger partial charge in [-0.25, -0.2) is 0 Å². The first-order chi connectivity index (χ1) is 21.3. The molecule has 3 heterocycles. The van der Waals surface area contributed by atoms with Crippen LogP contribution in [0, 0.1) is 12.1 Å². The Labute approximate surface area is 285 Å². The Morgan fingerprint density at radius 1 is 0.689 bits per heavy atom. The summed E-state index contributed by atoms with van der Waals surface area (Å²) < 4.78 is 2.56. The zero-order valence-electron chi connectivity index (χ0n) is 26.3. The van der Waals surface area contributed by atoms with Crippen molar-refractivity contribution in [3.63, 3.8) is 0 Å². The van der Waals surface area contributed by atoms with E-state index in [9.17, 15) is 0 Å². The van der Waals surface area contributed by atoms with Gasteiger partial charge in [0.15, 0.2) is 0 Å². The molecule has 0 saturated heterocycles. The Bertz CT molecular complexity index is 2010. The normalized spacial score (nSPS) is 11.2. The van der Waals surface area contributed by atoms with Gasteiger partial charge in [0.25, 0.3) is 0 Å². The molecule has 4 aromatic carbocycles. The minimum atomic E-state index is -1.23. The maximum atomic E-state index is 4.65. The quantitative estimate of drug-likeness (QED) is 0.128. The van der Waals surface area contributed by atoms with E-state index in [0.717, 1.165) is 22.5 Å². The monoisotopic (exact) mass is 797 g/mol. The third-order valence-electron chi connectivity index (χ3n) is 7.86. The molecule has 0 unspecified atom stereocenters. The molecule has 0 saturated carbocycles. The number of nitrogens with zero attached hydrogens (tertiary/aromatic N) is 2. The number of fused-ring (bicyclic) bond motifs is 3. The van der Waals surface area contributed by atoms with Gasteiger partial charge >= 0.3 is 0 Å². The molecule has 1 radical (unpaired) electrons. The van der Waals surface area contributed by atoms with Crippen LogP contribution in [0.2, 0.25) is 19.6 Å². The molecule has 0 spiro atoms. The third-order valence-corrected chi connectivity index (χ3v) is 11.1. The number of hydrogen-bond donors (Lipinski definition) is 0. The molecule has 0 aliphatic rings. The van der Waals surface area contributed by atoms with Crippen molar-refractivity contribution in [3.05, 3.63) is 139 Å². The second kappa shape index (κ2) is 14.1. The standard InChI is InChI=1S/C26H20NS.C14H16NSi.Ir/c1-17(2)19-13-14-27-24(16-19)22-10-6-9-21-23-15-20(18-7-4-3-5-8-18)11-12-25(23)28-26(21)22;1-16(2,3)13-9-10-14(15-11-13)12-7-5-4-6-8-12;/h3-9,11-17H,1-2H3;4-7,9-11H,1-3H3;/q2*-1;. The maximum absolute atomic E-state index is 4.65. The number of benzene rings is 4.